The van der Waals surface area contributed by atoms with Crippen molar-refractivity contribution in [1.29, 1.82) is 0 Å². The van der Waals surface area contributed by atoms with E-state index in [2.05, 4.69) is 39.8 Å². The third-order valence-electron chi connectivity index (χ3n) is 8.67. The molecule has 2 aromatic carbocycles. The highest BCUT2D eigenvalue weighted by Crippen LogP contribution is 2.27. The Morgan fingerprint density at radius 1 is 0.595 bits per heavy atom. The van der Waals surface area contributed by atoms with Gasteiger partial charge in [-0.2, -0.15) is 0 Å². The van der Waals surface area contributed by atoms with Crippen molar-refractivity contribution in [2.24, 2.45) is 0 Å². The molecule has 0 heterocycles. The maximum Gasteiger partial charge on any atom is 0.343 e. The molecule has 0 N–H and O–H groups in total. The Bertz CT molecular complexity index is 918. The number of carbonyl (C=O) groups is 1. The lowest BCUT2D eigenvalue weighted by Crippen LogP contribution is -2.09. The van der Waals surface area contributed by atoms with Crippen LogP contribution in [-0.2, 0) is 4.74 Å². The van der Waals surface area contributed by atoms with Gasteiger partial charge in [-0.3, -0.25) is 0 Å². The Kier molecular flexibility index (Phi) is 20.0. The summed E-state index contributed by atoms with van der Waals surface area (Å²) in [5.41, 5.74) is 2.97. The fourth-order valence-electron chi connectivity index (χ4n) is 5.83. The number of unbranched alkanes of at least 4 members (excludes halogenated alkanes) is 15. The Morgan fingerprint density at radius 2 is 1.07 bits per heavy atom. The van der Waals surface area contributed by atoms with Crippen LogP contribution >= 0.6 is 0 Å². The van der Waals surface area contributed by atoms with Gasteiger partial charge in [-0.1, -0.05) is 148 Å². The Labute approximate surface area is 259 Å². The first kappa shape index (κ1) is 36.1. The van der Waals surface area contributed by atoms with Gasteiger partial charge in [0, 0.05) is 6.61 Å². The lowest BCUT2D eigenvalue weighted by Gasteiger charge is -2.15. The summed E-state index contributed by atoms with van der Waals surface area (Å²) < 4.78 is 11.7. The van der Waals surface area contributed by atoms with E-state index in [4.69, 9.17) is 9.47 Å². The van der Waals surface area contributed by atoms with Crippen molar-refractivity contribution in [3.8, 4) is 5.75 Å². The van der Waals surface area contributed by atoms with Crippen LogP contribution in [-0.4, -0.2) is 12.6 Å². The molecule has 0 spiro atoms. The monoisotopic (exact) mass is 578 g/mol. The Hall–Kier alpha value is -2.13. The van der Waals surface area contributed by atoms with E-state index in [0.717, 1.165) is 25.0 Å². The van der Waals surface area contributed by atoms with E-state index < -0.39 is 0 Å². The summed E-state index contributed by atoms with van der Waals surface area (Å²) in [6.45, 7) is 9.61. The van der Waals surface area contributed by atoms with Crippen LogP contribution < -0.4 is 4.74 Å². The molecule has 0 radical (unpaired) electrons. The Balaban J connectivity index is 1.52. The average Bonchev–Trinajstić information content (AvgIpc) is 3.01. The molecule has 0 aliphatic rings. The number of rotatable bonds is 25. The number of ether oxygens (including phenoxy) is 2. The first-order valence-corrected chi connectivity index (χ1v) is 17.6. The lowest BCUT2D eigenvalue weighted by atomic mass is 9.92. The number of hydrogen-bond donors (Lipinski definition) is 0. The fraction of sp³-hybridized carbons (Fsp3) is 0.667. The van der Waals surface area contributed by atoms with Gasteiger partial charge in [-0.25, -0.2) is 4.79 Å². The maximum atomic E-state index is 12.7. The Morgan fingerprint density at radius 3 is 1.55 bits per heavy atom. The van der Waals surface area contributed by atoms with Crippen LogP contribution in [0.1, 0.15) is 183 Å². The van der Waals surface area contributed by atoms with Crippen molar-refractivity contribution in [3.05, 3.63) is 65.2 Å². The van der Waals surface area contributed by atoms with Gasteiger partial charge in [0.1, 0.15) is 5.75 Å². The molecule has 2 unspecified atom stereocenters. The van der Waals surface area contributed by atoms with Crippen LogP contribution in [0.25, 0.3) is 0 Å². The number of esters is 1. The van der Waals surface area contributed by atoms with E-state index in [0.29, 0.717) is 17.2 Å². The molecule has 3 nitrogen and oxygen atoms in total. The zero-order valence-electron chi connectivity index (χ0n) is 27.6. The summed E-state index contributed by atoms with van der Waals surface area (Å²) in [7, 11) is 0. The summed E-state index contributed by atoms with van der Waals surface area (Å²) in [6, 6.07) is 15.7. The average molecular weight is 579 g/mol. The van der Waals surface area contributed by atoms with Crippen molar-refractivity contribution in [2.75, 3.05) is 6.61 Å². The van der Waals surface area contributed by atoms with Gasteiger partial charge in [-0.15, -0.1) is 0 Å². The number of hydrogen-bond acceptors (Lipinski definition) is 3. The molecule has 42 heavy (non-hydrogen) atoms. The molecule has 0 fully saturated rings. The van der Waals surface area contributed by atoms with Crippen molar-refractivity contribution >= 4 is 5.97 Å². The van der Waals surface area contributed by atoms with Gasteiger partial charge in [-0.05, 0) is 67.5 Å². The summed E-state index contributed by atoms with van der Waals surface area (Å²) in [6.07, 6.45) is 25.6. The molecular formula is C39H62O3. The zero-order chi connectivity index (χ0) is 30.3. The highest BCUT2D eigenvalue weighted by atomic mass is 16.5. The van der Waals surface area contributed by atoms with Crippen LogP contribution in [0.5, 0.6) is 5.75 Å². The second-order valence-corrected chi connectivity index (χ2v) is 12.3. The fourth-order valence-corrected chi connectivity index (χ4v) is 5.83. The molecule has 0 saturated heterocycles. The predicted molar refractivity (Wildman–Crippen MR) is 180 cm³/mol. The standard InChI is InChI=1S/C39H62O3/c1-5-8-9-10-11-12-13-14-15-16-17-18-19-20-21-22-32-41-33(4)35-24-26-37(27-25-35)39(40)42-38-30-28-36(29-31-38)34(7-3)23-6-2/h24-31,33-34H,5-23,32H2,1-4H3. The van der Waals surface area contributed by atoms with Gasteiger partial charge in [0.25, 0.3) is 0 Å². The minimum atomic E-state index is -0.323. The summed E-state index contributed by atoms with van der Waals surface area (Å²) in [4.78, 5) is 12.7. The lowest BCUT2D eigenvalue weighted by molar-refractivity contribution is 0.0626. The number of benzene rings is 2. The smallest absolute Gasteiger partial charge is 0.343 e. The second kappa shape index (κ2) is 23.3. The van der Waals surface area contributed by atoms with E-state index >= 15 is 0 Å². The van der Waals surface area contributed by atoms with E-state index in [9.17, 15) is 4.79 Å². The van der Waals surface area contributed by atoms with Crippen molar-refractivity contribution < 1.29 is 14.3 Å². The molecule has 2 atom stereocenters. The van der Waals surface area contributed by atoms with Crippen molar-refractivity contribution in [2.45, 2.75) is 162 Å². The summed E-state index contributed by atoms with van der Waals surface area (Å²) in [5.74, 6) is 0.840. The van der Waals surface area contributed by atoms with Crippen LogP contribution in [0.3, 0.4) is 0 Å². The quantitative estimate of drug-likeness (QED) is 0.0667. The van der Waals surface area contributed by atoms with Gasteiger partial charge >= 0.3 is 5.97 Å². The number of carbonyl (C=O) groups excluding carboxylic acids is 1. The highest BCUT2D eigenvalue weighted by Gasteiger charge is 2.13. The molecule has 2 rings (SSSR count). The molecule has 0 bridgehead atoms. The molecule has 0 aliphatic carbocycles. The first-order chi connectivity index (χ1) is 20.6. The van der Waals surface area contributed by atoms with Crippen LogP contribution in [0.4, 0.5) is 0 Å². The second-order valence-electron chi connectivity index (χ2n) is 12.3. The first-order valence-electron chi connectivity index (χ1n) is 17.6. The molecule has 0 aliphatic heterocycles. The van der Waals surface area contributed by atoms with E-state index in [-0.39, 0.29) is 12.1 Å². The third kappa shape index (κ3) is 15.4. The molecule has 0 amide bonds. The van der Waals surface area contributed by atoms with Gasteiger partial charge in [0.15, 0.2) is 0 Å². The van der Waals surface area contributed by atoms with E-state index in [1.54, 1.807) is 0 Å². The van der Waals surface area contributed by atoms with Crippen molar-refractivity contribution in [3.63, 3.8) is 0 Å². The maximum absolute atomic E-state index is 12.7. The normalized spacial score (nSPS) is 12.8. The summed E-state index contributed by atoms with van der Waals surface area (Å²) >= 11 is 0. The van der Waals surface area contributed by atoms with Crippen LogP contribution in [0.15, 0.2) is 48.5 Å². The molecule has 3 heteroatoms. The largest absolute Gasteiger partial charge is 0.423 e. The van der Waals surface area contributed by atoms with E-state index in [1.807, 2.05) is 36.4 Å². The zero-order valence-corrected chi connectivity index (χ0v) is 27.6. The van der Waals surface area contributed by atoms with Crippen LogP contribution in [0.2, 0.25) is 0 Å². The molecule has 2 aromatic rings. The van der Waals surface area contributed by atoms with Gasteiger partial charge in [0.2, 0.25) is 0 Å². The van der Waals surface area contributed by atoms with Crippen LogP contribution in [0, 0.1) is 0 Å². The third-order valence-corrected chi connectivity index (χ3v) is 8.67. The minimum Gasteiger partial charge on any atom is -0.423 e. The van der Waals surface area contributed by atoms with Crippen molar-refractivity contribution in [1.82, 2.24) is 0 Å². The van der Waals surface area contributed by atoms with E-state index in [1.165, 1.54) is 115 Å². The molecule has 0 saturated carbocycles. The summed E-state index contributed by atoms with van der Waals surface area (Å²) in [5, 5.41) is 0. The molecule has 236 valence electrons. The van der Waals surface area contributed by atoms with Gasteiger partial charge in [0.05, 0.1) is 11.7 Å². The molecule has 0 aromatic heterocycles. The molecular weight excluding hydrogens is 516 g/mol. The minimum absolute atomic E-state index is 0.0218. The van der Waals surface area contributed by atoms with Gasteiger partial charge < -0.3 is 9.47 Å². The predicted octanol–water partition coefficient (Wildman–Crippen LogP) is 12.5. The SMILES string of the molecule is CCCCCCCCCCCCCCCCCCOC(C)c1ccc(C(=O)Oc2ccc(C(CC)CCC)cc2)cc1. The highest BCUT2D eigenvalue weighted by molar-refractivity contribution is 5.91. The topological polar surface area (TPSA) is 35.5 Å².